The number of fused-ring (bicyclic) bond motifs is 2. The summed E-state index contributed by atoms with van der Waals surface area (Å²) in [4.78, 5) is 14.9. The number of hydrogen-bond donors (Lipinski definition) is 0. The van der Waals surface area contributed by atoms with E-state index in [0.29, 0.717) is 17.4 Å². The summed E-state index contributed by atoms with van der Waals surface area (Å²) in [6.45, 7) is -0.105. The van der Waals surface area contributed by atoms with Crippen LogP contribution >= 0.6 is 0 Å². The molecule has 0 aromatic heterocycles. The van der Waals surface area contributed by atoms with Gasteiger partial charge in [-0.05, 0) is 42.3 Å². The Morgan fingerprint density at radius 3 is 2.36 bits per heavy atom. The first kappa shape index (κ1) is 21.8. The molecule has 33 heavy (non-hydrogen) atoms. The highest BCUT2D eigenvalue weighted by Gasteiger charge is 2.58. The predicted octanol–water partition coefficient (Wildman–Crippen LogP) is 4.93. The molecule has 5 rings (SSSR count). The van der Waals surface area contributed by atoms with E-state index in [-0.39, 0.29) is 25.4 Å². The zero-order chi connectivity index (χ0) is 23.4. The topological polar surface area (TPSA) is 63.7 Å². The maximum atomic E-state index is 13.7. The number of rotatable bonds is 3. The first-order valence-electron chi connectivity index (χ1n) is 10.3. The van der Waals surface area contributed by atoms with Crippen molar-refractivity contribution in [1.82, 2.24) is 4.31 Å². The predicted molar refractivity (Wildman–Crippen MR) is 116 cm³/mol. The highest BCUT2D eigenvalue weighted by atomic mass is 32.3. The number of halogens is 3. The standard InChI is InChI=1S/C24H19F3N2O3S/c25-24(26,27)17-7-6-10-19(15-17)33(31,32)28-14-13-23(16-28)20-11-4-5-12-21(20)29(22(23)30)18-8-2-1-3-9-18/h1-12,15H,13-14,16H2. The van der Waals surface area contributed by atoms with Crippen LogP contribution in [0.2, 0.25) is 0 Å². The lowest BCUT2D eigenvalue weighted by Gasteiger charge is -2.27. The Morgan fingerprint density at radius 2 is 1.64 bits per heavy atom. The Morgan fingerprint density at radius 1 is 0.939 bits per heavy atom. The van der Waals surface area contributed by atoms with E-state index in [4.69, 9.17) is 0 Å². The summed E-state index contributed by atoms with van der Waals surface area (Å²) >= 11 is 0. The second-order valence-corrected chi connectivity index (χ2v) is 10.1. The van der Waals surface area contributed by atoms with Crippen LogP contribution in [0.5, 0.6) is 0 Å². The molecule has 0 N–H and O–H groups in total. The second kappa shape index (κ2) is 7.51. The minimum atomic E-state index is -4.66. The average Bonchev–Trinajstić information content (AvgIpc) is 3.36. The molecule has 170 valence electrons. The van der Waals surface area contributed by atoms with Crippen LogP contribution in [0, 0.1) is 0 Å². The van der Waals surface area contributed by atoms with Crippen molar-refractivity contribution in [3.63, 3.8) is 0 Å². The summed E-state index contributed by atoms with van der Waals surface area (Å²) in [6.07, 6.45) is -4.42. The summed E-state index contributed by atoms with van der Waals surface area (Å²) in [5.74, 6) is -0.239. The Hall–Kier alpha value is -3.01. The molecule has 2 aliphatic heterocycles. The van der Waals surface area contributed by atoms with E-state index in [9.17, 15) is 26.7 Å². The monoisotopic (exact) mass is 472 g/mol. The number of amides is 1. The van der Waals surface area contributed by atoms with Crippen molar-refractivity contribution < 1.29 is 26.7 Å². The molecule has 9 heteroatoms. The van der Waals surface area contributed by atoms with Gasteiger partial charge in [0, 0.05) is 18.3 Å². The quantitative estimate of drug-likeness (QED) is 0.508. The molecule has 0 saturated carbocycles. The summed E-state index contributed by atoms with van der Waals surface area (Å²) in [5, 5.41) is 0. The minimum absolute atomic E-state index is 0.0291. The number of sulfonamides is 1. The molecule has 3 aromatic rings. The molecule has 5 nitrogen and oxygen atoms in total. The van der Waals surface area contributed by atoms with Gasteiger partial charge in [0.25, 0.3) is 0 Å². The van der Waals surface area contributed by atoms with Gasteiger partial charge >= 0.3 is 6.18 Å². The van der Waals surface area contributed by atoms with E-state index >= 15 is 0 Å². The third-order valence-electron chi connectivity index (χ3n) is 6.32. The van der Waals surface area contributed by atoms with E-state index in [1.54, 1.807) is 23.1 Å². The fraction of sp³-hybridized carbons (Fsp3) is 0.208. The van der Waals surface area contributed by atoms with Gasteiger partial charge in [-0.2, -0.15) is 13.2 Å². The van der Waals surface area contributed by atoms with Crippen LogP contribution < -0.4 is 4.90 Å². The number of para-hydroxylation sites is 2. The van der Waals surface area contributed by atoms with E-state index in [0.717, 1.165) is 28.1 Å². The summed E-state index contributed by atoms with van der Waals surface area (Å²) in [6, 6.07) is 20.0. The SMILES string of the molecule is O=C1N(c2ccccc2)c2ccccc2C12CCN([S+](=O)([O-])c1cccc(C(F)(F)F)c1)C2. The van der Waals surface area contributed by atoms with Crippen molar-refractivity contribution >= 4 is 27.7 Å². The van der Waals surface area contributed by atoms with E-state index in [1.165, 1.54) is 0 Å². The van der Waals surface area contributed by atoms with Crippen molar-refractivity contribution in [3.8, 4) is 0 Å². The highest BCUT2D eigenvalue weighted by molar-refractivity contribution is 7.95. The van der Waals surface area contributed by atoms with Gasteiger partial charge in [-0.3, -0.25) is 9.69 Å². The Labute approximate surface area is 189 Å². The number of hydrogen-bond acceptors (Lipinski definition) is 3. The minimum Gasteiger partial charge on any atom is -0.593 e. The number of carbonyl (C=O) groups excluding carboxylic acids is 1. The normalized spacial score (nSPS) is 22.5. The van der Waals surface area contributed by atoms with Crippen LogP contribution in [0.25, 0.3) is 0 Å². The lowest BCUT2D eigenvalue weighted by atomic mass is 9.81. The first-order valence-corrected chi connectivity index (χ1v) is 11.8. The van der Waals surface area contributed by atoms with Crippen molar-refractivity contribution in [3.05, 3.63) is 90.0 Å². The Bertz CT molecular complexity index is 1280. The number of benzene rings is 3. The fourth-order valence-electron chi connectivity index (χ4n) is 4.70. The zero-order valence-electron chi connectivity index (χ0n) is 17.3. The molecular formula is C24H19F3N2O3S. The lowest BCUT2D eigenvalue weighted by Crippen LogP contribution is -2.43. The molecule has 0 radical (unpaired) electrons. The summed E-state index contributed by atoms with van der Waals surface area (Å²) in [5.41, 5.74) is -0.0464. The van der Waals surface area contributed by atoms with Gasteiger partial charge in [-0.1, -0.05) is 46.7 Å². The van der Waals surface area contributed by atoms with Gasteiger partial charge in [0.2, 0.25) is 5.91 Å². The second-order valence-electron chi connectivity index (χ2n) is 8.19. The maximum Gasteiger partial charge on any atom is 0.416 e. The molecule has 2 heterocycles. The van der Waals surface area contributed by atoms with Gasteiger partial charge < -0.3 is 4.55 Å². The van der Waals surface area contributed by atoms with E-state index < -0.39 is 32.4 Å². The summed E-state index contributed by atoms with van der Waals surface area (Å²) < 4.78 is 67.0. The first-order chi connectivity index (χ1) is 15.6. The number of carbonyl (C=O) groups is 1. The maximum absolute atomic E-state index is 13.7. The number of alkyl halides is 3. The van der Waals surface area contributed by atoms with Gasteiger partial charge in [-0.25, -0.2) is 0 Å². The number of nitrogens with zero attached hydrogens (tertiary/aromatic N) is 2. The molecule has 1 amide bonds. The number of anilines is 2. The van der Waals surface area contributed by atoms with Crippen LogP contribution in [0.15, 0.2) is 83.8 Å². The smallest absolute Gasteiger partial charge is 0.416 e. The van der Waals surface area contributed by atoms with E-state index in [2.05, 4.69) is 0 Å². The average molecular weight is 472 g/mol. The van der Waals surface area contributed by atoms with Gasteiger partial charge in [0.15, 0.2) is 15.3 Å². The van der Waals surface area contributed by atoms with Crippen molar-refractivity contribution in [2.45, 2.75) is 22.9 Å². The molecule has 1 spiro atoms. The van der Waals surface area contributed by atoms with Gasteiger partial charge in [0.05, 0.1) is 23.2 Å². The van der Waals surface area contributed by atoms with Gasteiger partial charge in [0.1, 0.15) is 0 Å². The molecule has 3 aromatic carbocycles. The van der Waals surface area contributed by atoms with Crippen LogP contribution in [0.3, 0.4) is 0 Å². The third-order valence-corrected chi connectivity index (χ3v) is 8.16. The molecule has 2 aliphatic rings. The van der Waals surface area contributed by atoms with E-state index in [1.807, 2.05) is 36.4 Å². The molecule has 2 atom stereocenters. The van der Waals surface area contributed by atoms with Crippen LogP contribution in [0.4, 0.5) is 24.5 Å². The van der Waals surface area contributed by atoms with Crippen LogP contribution in [0.1, 0.15) is 17.5 Å². The fourth-order valence-corrected chi connectivity index (χ4v) is 6.25. The summed E-state index contributed by atoms with van der Waals surface area (Å²) in [7, 11) is -4.23. The Balaban J connectivity index is 1.53. The lowest BCUT2D eigenvalue weighted by molar-refractivity contribution is -0.137. The molecule has 0 aliphatic carbocycles. The van der Waals surface area contributed by atoms with Crippen molar-refractivity contribution in [2.75, 3.05) is 18.0 Å². The molecular weight excluding hydrogens is 453 g/mol. The molecule has 0 bridgehead atoms. The Kier molecular flexibility index (Phi) is 4.97. The molecule has 2 unspecified atom stereocenters. The van der Waals surface area contributed by atoms with Crippen molar-refractivity contribution in [1.29, 1.82) is 0 Å². The van der Waals surface area contributed by atoms with Crippen LogP contribution in [-0.4, -0.2) is 27.9 Å². The highest BCUT2D eigenvalue weighted by Crippen LogP contribution is 2.51. The molecule has 1 saturated heterocycles. The van der Waals surface area contributed by atoms with Crippen LogP contribution in [-0.2, 0) is 31.0 Å². The molecule has 1 fully saturated rings. The largest absolute Gasteiger partial charge is 0.593 e. The van der Waals surface area contributed by atoms with Gasteiger partial charge in [-0.15, -0.1) is 4.31 Å². The zero-order valence-corrected chi connectivity index (χ0v) is 18.1. The van der Waals surface area contributed by atoms with Crippen molar-refractivity contribution in [2.24, 2.45) is 0 Å². The third kappa shape index (κ3) is 3.38.